The lowest BCUT2D eigenvalue weighted by molar-refractivity contribution is -0.209. The number of hydrogen-bond donors (Lipinski definition) is 1. The molecule has 2 nitrogen and oxygen atoms in total. The van der Waals surface area contributed by atoms with E-state index in [9.17, 15) is 17.6 Å². The van der Waals surface area contributed by atoms with Crippen LogP contribution in [0.15, 0.2) is 0 Å². The molecule has 0 fully saturated rings. The van der Waals surface area contributed by atoms with Crippen LogP contribution in [0.25, 0.3) is 0 Å². The van der Waals surface area contributed by atoms with Crippen molar-refractivity contribution in [3.63, 3.8) is 0 Å². The number of rotatable bonds is 1. The van der Waals surface area contributed by atoms with Gasteiger partial charge in [-0.3, -0.25) is 4.79 Å². The fourth-order valence-corrected chi connectivity index (χ4v) is 0.129. The molecule has 6 heteroatoms. The van der Waals surface area contributed by atoms with Gasteiger partial charge in [0.2, 0.25) is 6.10 Å². The van der Waals surface area contributed by atoms with Crippen LogP contribution >= 0.6 is 0 Å². The molecule has 0 amide bonds. The molecular formula is C3H2F4O2. The van der Waals surface area contributed by atoms with Gasteiger partial charge in [0.25, 0.3) is 0 Å². The van der Waals surface area contributed by atoms with Crippen LogP contribution in [0.1, 0.15) is 0 Å². The average Bonchev–Trinajstić information content (AvgIpc) is 1.62. The van der Waals surface area contributed by atoms with Crippen LogP contribution in [-0.4, -0.2) is 23.4 Å². The molecule has 0 aliphatic carbocycles. The lowest BCUT2D eigenvalue weighted by atomic mass is 10.4. The van der Waals surface area contributed by atoms with Gasteiger partial charge in [-0.1, -0.05) is 0 Å². The Morgan fingerprint density at radius 3 is 1.78 bits per heavy atom. The molecule has 1 atom stereocenters. The van der Waals surface area contributed by atoms with Crippen LogP contribution in [0, 0.1) is 0 Å². The number of alkyl halides is 3. The fraction of sp³-hybridized carbons (Fsp3) is 0.667. The van der Waals surface area contributed by atoms with Gasteiger partial charge >= 0.3 is 12.2 Å². The Balaban J connectivity index is 4.04. The van der Waals surface area contributed by atoms with Crippen LogP contribution in [0.3, 0.4) is 0 Å². The second kappa shape index (κ2) is 2.30. The van der Waals surface area contributed by atoms with Gasteiger partial charge in [-0.2, -0.15) is 17.6 Å². The fourth-order valence-electron chi connectivity index (χ4n) is 0.129. The largest absolute Gasteiger partial charge is 0.424 e. The minimum absolute atomic E-state index is 2.79. The van der Waals surface area contributed by atoms with Crippen LogP contribution in [-0.2, 0) is 4.79 Å². The first-order chi connectivity index (χ1) is 3.85. The van der Waals surface area contributed by atoms with Gasteiger partial charge in [0, 0.05) is 0 Å². The molecule has 1 unspecified atom stereocenters. The lowest BCUT2D eigenvalue weighted by Crippen LogP contribution is -2.33. The Hall–Kier alpha value is -0.650. The topological polar surface area (TPSA) is 37.3 Å². The zero-order valence-corrected chi connectivity index (χ0v) is 3.94. The molecule has 0 radical (unpaired) electrons. The highest BCUT2D eigenvalue weighted by Crippen LogP contribution is 2.20. The van der Waals surface area contributed by atoms with Crippen molar-refractivity contribution in [2.24, 2.45) is 0 Å². The number of aliphatic hydroxyl groups is 1. The maximum Gasteiger partial charge on any atom is 0.424 e. The average molecular weight is 146 g/mol. The summed E-state index contributed by atoms with van der Waals surface area (Å²) in [6.07, 6.45) is -8.68. The van der Waals surface area contributed by atoms with Crippen molar-refractivity contribution in [2.75, 3.05) is 0 Å². The molecule has 0 aromatic carbocycles. The van der Waals surface area contributed by atoms with Gasteiger partial charge in [0.05, 0.1) is 0 Å². The highest BCUT2D eigenvalue weighted by atomic mass is 19.4. The molecule has 0 rings (SSSR count). The van der Waals surface area contributed by atoms with Crippen molar-refractivity contribution in [3.05, 3.63) is 0 Å². The normalized spacial score (nSPS) is 15.2. The van der Waals surface area contributed by atoms with Gasteiger partial charge in [-0.15, -0.1) is 0 Å². The Morgan fingerprint density at radius 1 is 1.44 bits per heavy atom. The van der Waals surface area contributed by atoms with Crippen molar-refractivity contribution in [1.82, 2.24) is 0 Å². The van der Waals surface area contributed by atoms with Crippen molar-refractivity contribution >= 4 is 6.04 Å². The van der Waals surface area contributed by atoms with E-state index in [-0.39, 0.29) is 0 Å². The number of carbonyl (C=O) groups excluding carboxylic acids is 1. The third kappa shape index (κ3) is 2.41. The minimum atomic E-state index is -5.19. The van der Waals surface area contributed by atoms with E-state index in [1.807, 2.05) is 0 Å². The molecular weight excluding hydrogens is 144 g/mol. The summed E-state index contributed by atoms with van der Waals surface area (Å²) in [4.78, 5) is 9.15. The highest BCUT2D eigenvalue weighted by molar-refractivity contribution is 5.73. The van der Waals surface area contributed by atoms with E-state index in [1.54, 1.807) is 0 Å². The summed E-state index contributed by atoms with van der Waals surface area (Å²) in [6.45, 7) is 0. The zero-order valence-electron chi connectivity index (χ0n) is 3.94. The Kier molecular flexibility index (Phi) is 2.13. The number of halogens is 4. The van der Waals surface area contributed by atoms with Gasteiger partial charge < -0.3 is 5.11 Å². The first-order valence-corrected chi connectivity index (χ1v) is 1.80. The van der Waals surface area contributed by atoms with Crippen molar-refractivity contribution < 1.29 is 27.5 Å². The maximum atomic E-state index is 11.0. The Bertz CT molecular complexity index is 117. The van der Waals surface area contributed by atoms with Crippen molar-refractivity contribution in [2.45, 2.75) is 12.3 Å². The molecule has 0 saturated carbocycles. The molecule has 0 spiro atoms. The molecule has 0 aliphatic rings. The van der Waals surface area contributed by atoms with E-state index in [0.717, 1.165) is 0 Å². The molecule has 9 heavy (non-hydrogen) atoms. The van der Waals surface area contributed by atoms with E-state index < -0.39 is 18.3 Å². The van der Waals surface area contributed by atoms with Crippen LogP contribution in [0.2, 0.25) is 0 Å². The third-order valence-corrected chi connectivity index (χ3v) is 0.525. The number of carbonyl (C=O) groups is 1. The molecule has 0 aromatic rings. The number of hydrogen-bond acceptors (Lipinski definition) is 2. The quantitative estimate of drug-likeness (QED) is 0.429. The summed E-state index contributed by atoms with van der Waals surface area (Å²) in [5.74, 6) is 0. The minimum Gasteiger partial charge on any atom is -0.375 e. The van der Waals surface area contributed by atoms with Gasteiger partial charge in [0.15, 0.2) is 0 Å². The predicted molar refractivity (Wildman–Crippen MR) is 18.2 cm³/mol. The summed E-state index contributed by atoms with van der Waals surface area (Å²) >= 11 is 0. The monoisotopic (exact) mass is 146 g/mol. The van der Waals surface area contributed by atoms with E-state index >= 15 is 0 Å². The van der Waals surface area contributed by atoms with Crippen LogP contribution < -0.4 is 0 Å². The molecule has 0 aliphatic heterocycles. The van der Waals surface area contributed by atoms with Gasteiger partial charge in [0.1, 0.15) is 0 Å². The summed E-state index contributed by atoms with van der Waals surface area (Å²) in [6, 6.07) is -2.79. The highest BCUT2D eigenvalue weighted by Gasteiger charge is 2.43. The van der Waals surface area contributed by atoms with E-state index in [0.29, 0.717) is 0 Å². The molecule has 0 saturated heterocycles. The van der Waals surface area contributed by atoms with E-state index in [1.165, 1.54) is 0 Å². The van der Waals surface area contributed by atoms with Gasteiger partial charge in [-0.25, -0.2) is 0 Å². The van der Waals surface area contributed by atoms with Crippen LogP contribution in [0.4, 0.5) is 17.6 Å². The molecule has 1 N–H and O–H groups in total. The molecule has 0 heterocycles. The molecule has 54 valence electrons. The summed E-state index contributed by atoms with van der Waals surface area (Å²) in [5.41, 5.74) is 0. The SMILES string of the molecule is O=C(F)C(O)C(F)(F)F. The second-order valence-electron chi connectivity index (χ2n) is 1.25. The van der Waals surface area contributed by atoms with Gasteiger partial charge in [-0.05, 0) is 0 Å². The smallest absolute Gasteiger partial charge is 0.375 e. The lowest BCUT2D eigenvalue weighted by Gasteiger charge is -2.07. The van der Waals surface area contributed by atoms with E-state index in [2.05, 4.69) is 0 Å². The predicted octanol–water partition coefficient (Wildman–Crippen LogP) is 0.406. The first-order valence-electron chi connectivity index (χ1n) is 1.80. The standard InChI is InChI=1S/C3H2F4O2/c4-2(9)1(8)3(5,6)7/h1,8H. The zero-order chi connectivity index (χ0) is 7.65. The van der Waals surface area contributed by atoms with Crippen molar-refractivity contribution in [1.29, 1.82) is 0 Å². The van der Waals surface area contributed by atoms with Crippen LogP contribution in [0.5, 0.6) is 0 Å². The Labute approximate surface area is 47.1 Å². The summed E-state index contributed by atoms with van der Waals surface area (Å²) in [5, 5.41) is 7.61. The Morgan fingerprint density at radius 2 is 1.78 bits per heavy atom. The third-order valence-electron chi connectivity index (χ3n) is 0.525. The second-order valence-corrected chi connectivity index (χ2v) is 1.25. The molecule has 0 aromatic heterocycles. The maximum absolute atomic E-state index is 11.0. The summed E-state index contributed by atoms with van der Waals surface area (Å²) < 4.78 is 43.9. The van der Waals surface area contributed by atoms with Crippen molar-refractivity contribution in [3.8, 4) is 0 Å². The number of aliphatic hydroxyl groups excluding tert-OH is 1. The summed E-state index contributed by atoms with van der Waals surface area (Å²) in [7, 11) is 0. The molecule has 0 bridgehead atoms. The first kappa shape index (κ1) is 8.35. The van der Waals surface area contributed by atoms with E-state index in [4.69, 9.17) is 9.90 Å².